The van der Waals surface area contributed by atoms with Gasteiger partial charge in [0.05, 0.1) is 29.8 Å². The van der Waals surface area contributed by atoms with Crippen LogP contribution in [0.4, 0.5) is 0 Å². The van der Waals surface area contributed by atoms with Crippen molar-refractivity contribution >= 4 is 29.1 Å². The van der Waals surface area contributed by atoms with E-state index in [1.54, 1.807) is 43.5 Å². The van der Waals surface area contributed by atoms with Crippen LogP contribution >= 0.6 is 23.2 Å². The van der Waals surface area contributed by atoms with Crippen molar-refractivity contribution in [3.8, 4) is 11.5 Å². The number of hydrogen-bond acceptors (Lipinski definition) is 3. The Morgan fingerprint density at radius 3 is 2.45 bits per heavy atom. The molecular weight excluding hydrogens is 325 g/mol. The van der Waals surface area contributed by atoms with Gasteiger partial charge in [0.1, 0.15) is 11.5 Å². The van der Waals surface area contributed by atoms with Crippen LogP contribution in [0.5, 0.6) is 11.5 Å². The second-order valence-corrected chi connectivity index (χ2v) is 5.31. The lowest BCUT2D eigenvalue weighted by Gasteiger charge is -2.11. The highest BCUT2D eigenvalue weighted by atomic mass is 35.5. The van der Waals surface area contributed by atoms with Gasteiger partial charge in [-0.2, -0.15) is 0 Å². The van der Waals surface area contributed by atoms with E-state index in [0.717, 1.165) is 5.56 Å². The third-order valence-electron chi connectivity index (χ3n) is 3.09. The Kier molecular flexibility index (Phi) is 5.52. The van der Waals surface area contributed by atoms with Gasteiger partial charge in [-0.15, -0.1) is 0 Å². The molecule has 2 rings (SSSR count). The molecule has 2 aromatic rings. The Hall–Kier alpha value is -1.91. The molecule has 0 spiro atoms. The second kappa shape index (κ2) is 7.38. The van der Waals surface area contributed by atoms with Crippen molar-refractivity contribution in [3.63, 3.8) is 0 Å². The summed E-state index contributed by atoms with van der Waals surface area (Å²) >= 11 is 11.8. The number of rotatable bonds is 5. The molecule has 0 saturated carbocycles. The molecule has 0 aliphatic rings. The Morgan fingerprint density at radius 1 is 1.05 bits per heavy atom. The molecule has 2 aromatic carbocycles. The average Bonchev–Trinajstić information content (AvgIpc) is 2.55. The van der Waals surface area contributed by atoms with E-state index in [0.29, 0.717) is 33.7 Å². The second-order valence-electron chi connectivity index (χ2n) is 4.50. The van der Waals surface area contributed by atoms with Crippen LogP contribution < -0.4 is 14.8 Å². The summed E-state index contributed by atoms with van der Waals surface area (Å²) in [7, 11) is 3.05. The van der Waals surface area contributed by atoms with Gasteiger partial charge in [-0.3, -0.25) is 4.79 Å². The smallest absolute Gasteiger partial charge is 0.255 e. The fourth-order valence-electron chi connectivity index (χ4n) is 1.92. The summed E-state index contributed by atoms with van der Waals surface area (Å²) in [5.74, 6) is 0.801. The summed E-state index contributed by atoms with van der Waals surface area (Å²) in [4.78, 5) is 12.3. The molecule has 0 unspecified atom stereocenters. The van der Waals surface area contributed by atoms with Crippen LogP contribution in [-0.4, -0.2) is 20.1 Å². The lowest BCUT2D eigenvalue weighted by molar-refractivity contribution is 0.0947. The monoisotopic (exact) mass is 339 g/mol. The van der Waals surface area contributed by atoms with Crippen molar-refractivity contribution < 1.29 is 14.3 Å². The summed E-state index contributed by atoms with van der Waals surface area (Å²) < 4.78 is 10.3. The first-order valence-corrected chi connectivity index (χ1v) is 7.25. The highest BCUT2D eigenvalue weighted by Crippen LogP contribution is 2.25. The number of hydrogen-bond donors (Lipinski definition) is 1. The number of carbonyl (C=O) groups excluding carboxylic acids is 1. The van der Waals surface area contributed by atoms with Gasteiger partial charge in [-0.1, -0.05) is 29.3 Å². The van der Waals surface area contributed by atoms with E-state index in [2.05, 4.69) is 5.32 Å². The quantitative estimate of drug-likeness (QED) is 0.897. The number of nitrogens with one attached hydrogen (secondary N) is 1. The molecule has 0 saturated heterocycles. The first-order chi connectivity index (χ1) is 10.5. The zero-order valence-electron chi connectivity index (χ0n) is 12.2. The summed E-state index contributed by atoms with van der Waals surface area (Å²) in [5, 5.41) is 3.74. The zero-order chi connectivity index (χ0) is 16.1. The fraction of sp³-hybridized carbons (Fsp3) is 0.188. The van der Waals surface area contributed by atoms with Gasteiger partial charge >= 0.3 is 0 Å². The molecule has 0 radical (unpaired) electrons. The van der Waals surface area contributed by atoms with Gasteiger partial charge in [-0.25, -0.2) is 0 Å². The van der Waals surface area contributed by atoms with Gasteiger partial charge in [0.2, 0.25) is 0 Å². The number of ether oxygens (including phenoxy) is 2. The topological polar surface area (TPSA) is 47.6 Å². The summed E-state index contributed by atoms with van der Waals surface area (Å²) in [5.41, 5.74) is 1.26. The van der Waals surface area contributed by atoms with Gasteiger partial charge in [0, 0.05) is 6.54 Å². The Morgan fingerprint density at radius 2 is 1.82 bits per heavy atom. The molecule has 0 aliphatic heterocycles. The number of methoxy groups -OCH3 is 2. The van der Waals surface area contributed by atoms with Crippen LogP contribution in [0.2, 0.25) is 10.0 Å². The average molecular weight is 340 g/mol. The lowest BCUT2D eigenvalue weighted by Crippen LogP contribution is -2.23. The molecule has 0 fully saturated rings. The van der Waals surface area contributed by atoms with Crippen molar-refractivity contribution in [2.75, 3.05) is 14.2 Å². The molecule has 0 atom stereocenters. The van der Waals surface area contributed by atoms with Gasteiger partial charge in [0.25, 0.3) is 5.91 Å². The Labute approximate surface area is 138 Å². The largest absolute Gasteiger partial charge is 0.497 e. The Bertz CT molecular complexity index is 689. The first-order valence-electron chi connectivity index (χ1n) is 6.49. The van der Waals surface area contributed by atoms with E-state index < -0.39 is 0 Å². The molecule has 0 aliphatic carbocycles. The van der Waals surface area contributed by atoms with E-state index >= 15 is 0 Å². The van der Waals surface area contributed by atoms with Crippen molar-refractivity contribution in [3.05, 3.63) is 57.6 Å². The molecule has 0 bridgehead atoms. The van der Waals surface area contributed by atoms with Gasteiger partial charge in [-0.05, 0) is 35.9 Å². The van der Waals surface area contributed by atoms with Gasteiger partial charge in [0.15, 0.2) is 0 Å². The third kappa shape index (κ3) is 3.84. The predicted molar refractivity (Wildman–Crippen MR) is 87.2 cm³/mol. The first kappa shape index (κ1) is 16.5. The minimum Gasteiger partial charge on any atom is -0.497 e. The maximum Gasteiger partial charge on any atom is 0.255 e. The molecular formula is C16H15Cl2NO3. The van der Waals surface area contributed by atoms with Crippen molar-refractivity contribution in [2.24, 2.45) is 0 Å². The van der Waals surface area contributed by atoms with Crippen LogP contribution in [0.1, 0.15) is 15.9 Å². The molecule has 0 aromatic heterocycles. The highest BCUT2D eigenvalue weighted by Gasteiger charge is 2.13. The van der Waals surface area contributed by atoms with Crippen molar-refractivity contribution in [2.45, 2.75) is 6.54 Å². The van der Waals surface area contributed by atoms with Crippen LogP contribution in [0.25, 0.3) is 0 Å². The maximum absolute atomic E-state index is 12.3. The van der Waals surface area contributed by atoms with E-state index in [1.807, 2.05) is 0 Å². The van der Waals surface area contributed by atoms with E-state index in [1.165, 1.54) is 7.11 Å². The highest BCUT2D eigenvalue weighted by molar-refractivity contribution is 6.42. The molecule has 4 nitrogen and oxygen atoms in total. The maximum atomic E-state index is 12.3. The number of halogens is 2. The minimum absolute atomic E-state index is 0.262. The van der Waals surface area contributed by atoms with E-state index in [4.69, 9.17) is 32.7 Å². The molecule has 116 valence electrons. The molecule has 0 heterocycles. The normalized spacial score (nSPS) is 10.2. The predicted octanol–water partition coefficient (Wildman–Crippen LogP) is 3.94. The number of benzene rings is 2. The number of amides is 1. The molecule has 1 amide bonds. The molecule has 1 N–H and O–H groups in total. The van der Waals surface area contributed by atoms with Crippen molar-refractivity contribution in [1.82, 2.24) is 5.32 Å². The third-order valence-corrected chi connectivity index (χ3v) is 3.83. The van der Waals surface area contributed by atoms with Gasteiger partial charge < -0.3 is 14.8 Å². The van der Waals surface area contributed by atoms with Crippen molar-refractivity contribution in [1.29, 1.82) is 0 Å². The van der Waals surface area contributed by atoms with Crippen LogP contribution in [0.3, 0.4) is 0 Å². The summed E-state index contributed by atoms with van der Waals surface area (Å²) in [6.07, 6.45) is 0. The van der Waals surface area contributed by atoms with Crippen LogP contribution in [0.15, 0.2) is 36.4 Å². The van der Waals surface area contributed by atoms with Crippen LogP contribution in [0, 0.1) is 0 Å². The fourth-order valence-corrected chi connectivity index (χ4v) is 2.24. The SMILES string of the molecule is COc1ccc(OC)c(C(=O)NCc2ccc(Cl)c(Cl)c2)c1. The van der Waals surface area contributed by atoms with E-state index in [9.17, 15) is 4.79 Å². The standard InChI is InChI=1S/C16H15Cl2NO3/c1-21-11-4-6-15(22-2)12(8-11)16(20)19-9-10-3-5-13(17)14(18)7-10/h3-8H,9H2,1-2H3,(H,19,20). The lowest BCUT2D eigenvalue weighted by atomic mass is 10.1. The summed E-state index contributed by atoms with van der Waals surface area (Å²) in [6.45, 7) is 0.329. The number of carbonyl (C=O) groups is 1. The van der Waals surface area contributed by atoms with Crippen LogP contribution in [-0.2, 0) is 6.54 Å². The Balaban J connectivity index is 2.13. The zero-order valence-corrected chi connectivity index (χ0v) is 13.7. The summed E-state index contributed by atoms with van der Waals surface area (Å²) in [6, 6.07) is 10.3. The molecule has 22 heavy (non-hydrogen) atoms. The minimum atomic E-state index is -0.262. The molecule has 6 heteroatoms. The van der Waals surface area contributed by atoms with E-state index in [-0.39, 0.29) is 5.91 Å².